The lowest BCUT2D eigenvalue weighted by atomic mass is 10.1. The number of benzene rings is 2. The molecular formula is C18H20N2O2. The molecule has 2 aromatic rings. The van der Waals surface area contributed by atoms with Gasteiger partial charge in [0.15, 0.2) is 0 Å². The molecule has 114 valence electrons. The van der Waals surface area contributed by atoms with Crippen LogP contribution in [0.1, 0.15) is 41.0 Å². The van der Waals surface area contributed by atoms with Crippen molar-refractivity contribution in [2.75, 3.05) is 5.32 Å². The summed E-state index contributed by atoms with van der Waals surface area (Å²) in [5.41, 5.74) is 1.84. The Morgan fingerprint density at radius 2 is 1.50 bits per heavy atom. The quantitative estimate of drug-likeness (QED) is 0.887. The standard InChI is InChI=1S/C18H20N2O2/c1-3-13(2)19-17(21)15-9-11-16(12-10-15)20-18(22)14-7-5-4-6-8-14/h4-13H,3H2,1-2H3,(H,19,21)(H,20,22)/t13-/m0/s1. The zero-order valence-electron chi connectivity index (χ0n) is 12.8. The van der Waals surface area contributed by atoms with Gasteiger partial charge in [-0.1, -0.05) is 25.1 Å². The third-order valence-corrected chi connectivity index (χ3v) is 3.43. The van der Waals surface area contributed by atoms with Gasteiger partial charge in [0.25, 0.3) is 11.8 Å². The van der Waals surface area contributed by atoms with E-state index in [0.29, 0.717) is 16.8 Å². The molecule has 0 unspecified atom stereocenters. The molecule has 0 saturated carbocycles. The van der Waals surface area contributed by atoms with Crippen LogP contribution in [0.2, 0.25) is 0 Å². The molecule has 0 radical (unpaired) electrons. The van der Waals surface area contributed by atoms with E-state index in [-0.39, 0.29) is 17.9 Å². The molecular weight excluding hydrogens is 276 g/mol. The van der Waals surface area contributed by atoms with Gasteiger partial charge in [-0.3, -0.25) is 9.59 Å². The van der Waals surface area contributed by atoms with Crippen LogP contribution < -0.4 is 10.6 Å². The molecule has 0 fully saturated rings. The Kier molecular flexibility index (Phi) is 5.31. The minimum absolute atomic E-state index is 0.102. The maximum Gasteiger partial charge on any atom is 0.255 e. The summed E-state index contributed by atoms with van der Waals surface area (Å²) in [6.45, 7) is 3.99. The molecule has 2 amide bonds. The van der Waals surface area contributed by atoms with Crippen molar-refractivity contribution in [3.63, 3.8) is 0 Å². The van der Waals surface area contributed by atoms with Crippen LogP contribution in [0.25, 0.3) is 0 Å². The summed E-state index contributed by atoms with van der Waals surface area (Å²) in [6.07, 6.45) is 0.886. The average Bonchev–Trinajstić information content (AvgIpc) is 2.56. The Morgan fingerprint density at radius 1 is 0.909 bits per heavy atom. The van der Waals surface area contributed by atoms with Crippen LogP contribution in [0.4, 0.5) is 5.69 Å². The first kappa shape index (κ1) is 15.8. The van der Waals surface area contributed by atoms with Crippen molar-refractivity contribution in [1.82, 2.24) is 5.32 Å². The van der Waals surface area contributed by atoms with Gasteiger partial charge in [-0.25, -0.2) is 0 Å². The molecule has 0 spiro atoms. The van der Waals surface area contributed by atoms with Crippen LogP contribution >= 0.6 is 0 Å². The van der Waals surface area contributed by atoms with Gasteiger partial charge >= 0.3 is 0 Å². The second-order valence-corrected chi connectivity index (χ2v) is 5.18. The van der Waals surface area contributed by atoms with E-state index in [1.165, 1.54) is 0 Å². The van der Waals surface area contributed by atoms with Gasteiger partial charge < -0.3 is 10.6 Å². The van der Waals surface area contributed by atoms with E-state index in [0.717, 1.165) is 6.42 Å². The Morgan fingerprint density at radius 3 is 2.09 bits per heavy atom. The van der Waals surface area contributed by atoms with Gasteiger partial charge in [0.05, 0.1) is 0 Å². The molecule has 4 heteroatoms. The Bertz CT molecular complexity index is 636. The van der Waals surface area contributed by atoms with Crippen LogP contribution in [0.5, 0.6) is 0 Å². The lowest BCUT2D eigenvalue weighted by Gasteiger charge is -2.11. The highest BCUT2D eigenvalue weighted by Crippen LogP contribution is 2.12. The van der Waals surface area contributed by atoms with Gasteiger partial charge in [-0.15, -0.1) is 0 Å². The molecule has 1 atom stereocenters. The van der Waals surface area contributed by atoms with Crippen molar-refractivity contribution in [2.24, 2.45) is 0 Å². The maximum atomic E-state index is 12.0. The SMILES string of the molecule is CC[C@H](C)NC(=O)c1ccc(NC(=O)c2ccccc2)cc1. The minimum Gasteiger partial charge on any atom is -0.350 e. The largest absolute Gasteiger partial charge is 0.350 e. The Hall–Kier alpha value is -2.62. The first-order valence-corrected chi connectivity index (χ1v) is 7.37. The zero-order chi connectivity index (χ0) is 15.9. The van der Waals surface area contributed by atoms with Crippen molar-refractivity contribution >= 4 is 17.5 Å². The van der Waals surface area contributed by atoms with Gasteiger partial charge in [-0.05, 0) is 49.7 Å². The molecule has 0 aliphatic heterocycles. The number of amides is 2. The topological polar surface area (TPSA) is 58.2 Å². The summed E-state index contributed by atoms with van der Waals surface area (Å²) in [7, 11) is 0. The lowest BCUT2D eigenvalue weighted by molar-refractivity contribution is 0.0938. The number of carbonyl (C=O) groups is 2. The van der Waals surface area contributed by atoms with Crippen molar-refractivity contribution in [3.05, 3.63) is 65.7 Å². The molecule has 0 aliphatic carbocycles. The van der Waals surface area contributed by atoms with Gasteiger partial charge in [0.1, 0.15) is 0 Å². The van der Waals surface area contributed by atoms with Gasteiger partial charge in [0.2, 0.25) is 0 Å². The minimum atomic E-state index is -0.169. The number of hydrogen-bond donors (Lipinski definition) is 2. The Balaban J connectivity index is 2.00. The van der Waals surface area contributed by atoms with Crippen LogP contribution in [-0.4, -0.2) is 17.9 Å². The molecule has 0 heterocycles. The second kappa shape index (κ2) is 7.41. The highest BCUT2D eigenvalue weighted by molar-refractivity contribution is 6.04. The number of nitrogens with one attached hydrogen (secondary N) is 2. The normalized spacial score (nSPS) is 11.5. The van der Waals surface area contributed by atoms with Gasteiger partial charge in [0, 0.05) is 22.9 Å². The average molecular weight is 296 g/mol. The molecule has 4 nitrogen and oxygen atoms in total. The lowest BCUT2D eigenvalue weighted by Crippen LogP contribution is -2.31. The molecule has 2 rings (SSSR count). The molecule has 0 saturated heterocycles. The number of anilines is 1. The van der Waals surface area contributed by atoms with E-state index >= 15 is 0 Å². The van der Waals surface area contributed by atoms with Crippen LogP contribution in [0, 0.1) is 0 Å². The smallest absolute Gasteiger partial charge is 0.255 e. The van der Waals surface area contributed by atoms with Crippen LogP contribution in [-0.2, 0) is 0 Å². The van der Waals surface area contributed by atoms with E-state index in [2.05, 4.69) is 10.6 Å². The fourth-order valence-corrected chi connectivity index (χ4v) is 1.91. The number of rotatable bonds is 5. The predicted octanol–water partition coefficient (Wildman–Crippen LogP) is 3.47. The van der Waals surface area contributed by atoms with Crippen molar-refractivity contribution in [2.45, 2.75) is 26.3 Å². The first-order chi connectivity index (χ1) is 10.6. The summed E-state index contributed by atoms with van der Waals surface area (Å²) in [5.74, 6) is -0.271. The molecule has 2 N–H and O–H groups in total. The third kappa shape index (κ3) is 4.19. The first-order valence-electron chi connectivity index (χ1n) is 7.37. The van der Waals surface area contributed by atoms with E-state index < -0.39 is 0 Å². The summed E-state index contributed by atoms with van der Waals surface area (Å²) in [4.78, 5) is 24.0. The molecule has 2 aromatic carbocycles. The van der Waals surface area contributed by atoms with Crippen molar-refractivity contribution < 1.29 is 9.59 Å². The summed E-state index contributed by atoms with van der Waals surface area (Å²) in [5, 5.41) is 5.71. The summed E-state index contributed by atoms with van der Waals surface area (Å²) >= 11 is 0. The second-order valence-electron chi connectivity index (χ2n) is 5.18. The molecule has 0 bridgehead atoms. The molecule has 0 aliphatic rings. The fourth-order valence-electron chi connectivity index (χ4n) is 1.91. The van der Waals surface area contributed by atoms with Crippen LogP contribution in [0.3, 0.4) is 0 Å². The highest BCUT2D eigenvalue weighted by atomic mass is 16.2. The highest BCUT2D eigenvalue weighted by Gasteiger charge is 2.09. The van der Waals surface area contributed by atoms with Gasteiger partial charge in [-0.2, -0.15) is 0 Å². The Labute approximate surface area is 130 Å². The predicted molar refractivity (Wildman–Crippen MR) is 88.1 cm³/mol. The fraction of sp³-hybridized carbons (Fsp3) is 0.222. The van der Waals surface area contributed by atoms with Crippen LogP contribution in [0.15, 0.2) is 54.6 Å². The van der Waals surface area contributed by atoms with Crippen molar-refractivity contribution in [1.29, 1.82) is 0 Å². The van der Waals surface area contributed by atoms with E-state index in [1.807, 2.05) is 32.0 Å². The van der Waals surface area contributed by atoms with E-state index in [9.17, 15) is 9.59 Å². The van der Waals surface area contributed by atoms with Crippen molar-refractivity contribution in [3.8, 4) is 0 Å². The monoisotopic (exact) mass is 296 g/mol. The number of hydrogen-bond acceptors (Lipinski definition) is 2. The maximum absolute atomic E-state index is 12.0. The number of carbonyl (C=O) groups excluding carboxylic acids is 2. The molecule has 22 heavy (non-hydrogen) atoms. The molecule has 0 aromatic heterocycles. The summed E-state index contributed by atoms with van der Waals surface area (Å²) in [6, 6.07) is 16.0. The van der Waals surface area contributed by atoms with E-state index in [4.69, 9.17) is 0 Å². The zero-order valence-corrected chi connectivity index (χ0v) is 12.8. The van der Waals surface area contributed by atoms with E-state index in [1.54, 1.807) is 36.4 Å². The summed E-state index contributed by atoms with van der Waals surface area (Å²) < 4.78 is 0. The third-order valence-electron chi connectivity index (χ3n) is 3.43.